The maximum absolute atomic E-state index is 11.6. The molecule has 1 rings (SSSR count). The van der Waals surface area contributed by atoms with Crippen molar-refractivity contribution in [3.63, 3.8) is 0 Å². The van der Waals surface area contributed by atoms with Crippen molar-refractivity contribution in [1.82, 2.24) is 15.1 Å². The minimum Gasteiger partial charge on any atom is -0.352 e. The van der Waals surface area contributed by atoms with E-state index in [4.69, 9.17) is 5.73 Å². The van der Waals surface area contributed by atoms with E-state index in [1.165, 1.54) is 0 Å². The number of nitrogens with one attached hydrogen (secondary N) is 1. The zero-order chi connectivity index (χ0) is 11.3. The van der Waals surface area contributed by atoms with Crippen LogP contribution >= 0.6 is 0 Å². The molecule has 1 unspecified atom stereocenters. The first kappa shape index (κ1) is 11.7. The molecule has 1 amide bonds. The molecule has 0 saturated carbocycles. The summed E-state index contributed by atoms with van der Waals surface area (Å²) in [4.78, 5) is 11.6. The van der Waals surface area contributed by atoms with Gasteiger partial charge in [-0.2, -0.15) is 5.10 Å². The fourth-order valence-corrected chi connectivity index (χ4v) is 1.11. The van der Waals surface area contributed by atoms with Crippen LogP contribution < -0.4 is 11.1 Å². The molecule has 1 aromatic heterocycles. The standard InChI is InChI=1S/C10H18N4O/c1-3-14-7-9(6-13-14)10(15)12-5-8(2)4-11/h6-8H,3-5,11H2,1-2H3,(H,12,15). The van der Waals surface area contributed by atoms with Crippen molar-refractivity contribution in [3.05, 3.63) is 18.0 Å². The fourth-order valence-electron chi connectivity index (χ4n) is 1.11. The Hall–Kier alpha value is -1.36. The average Bonchev–Trinajstić information content (AvgIpc) is 2.73. The Bertz CT molecular complexity index is 321. The Labute approximate surface area is 89.6 Å². The van der Waals surface area contributed by atoms with Gasteiger partial charge in [-0.3, -0.25) is 9.48 Å². The van der Waals surface area contributed by atoms with Gasteiger partial charge in [-0.15, -0.1) is 0 Å². The predicted octanol–water partition coefficient (Wildman–Crippen LogP) is 0.228. The number of aromatic nitrogens is 2. The first-order valence-corrected chi connectivity index (χ1v) is 5.18. The molecule has 0 aliphatic heterocycles. The lowest BCUT2D eigenvalue weighted by molar-refractivity contribution is 0.0948. The molecule has 0 aliphatic rings. The molecule has 0 spiro atoms. The quantitative estimate of drug-likeness (QED) is 0.730. The summed E-state index contributed by atoms with van der Waals surface area (Å²) >= 11 is 0. The highest BCUT2D eigenvalue weighted by atomic mass is 16.1. The Balaban J connectivity index is 2.46. The smallest absolute Gasteiger partial charge is 0.254 e. The van der Waals surface area contributed by atoms with Crippen LogP contribution in [0.5, 0.6) is 0 Å². The highest BCUT2D eigenvalue weighted by Gasteiger charge is 2.08. The van der Waals surface area contributed by atoms with Crippen molar-refractivity contribution < 1.29 is 4.79 Å². The SMILES string of the molecule is CCn1cc(C(=O)NCC(C)CN)cn1. The van der Waals surface area contributed by atoms with E-state index in [1.54, 1.807) is 17.1 Å². The normalized spacial score (nSPS) is 12.5. The van der Waals surface area contributed by atoms with E-state index in [1.807, 2.05) is 13.8 Å². The summed E-state index contributed by atoms with van der Waals surface area (Å²) < 4.78 is 1.72. The van der Waals surface area contributed by atoms with Crippen LogP contribution in [0.25, 0.3) is 0 Å². The van der Waals surface area contributed by atoms with Gasteiger partial charge < -0.3 is 11.1 Å². The lowest BCUT2D eigenvalue weighted by atomic mass is 10.2. The minimum atomic E-state index is -0.0880. The predicted molar refractivity (Wildman–Crippen MR) is 58.5 cm³/mol. The van der Waals surface area contributed by atoms with Crippen LogP contribution in [0.4, 0.5) is 0 Å². The number of nitrogens with zero attached hydrogens (tertiary/aromatic N) is 2. The first-order valence-electron chi connectivity index (χ1n) is 5.18. The second kappa shape index (κ2) is 5.50. The van der Waals surface area contributed by atoms with Crippen molar-refractivity contribution in [3.8, 4) is 0 Å². The van der Waals surface area contributed by atoms with Crippen LogP contribution in [0, 0.1) is 5.92 Å². The van der Waals surface area contributed by atoms with Crippen LogP contribution in [0.2, 0.25) is 0 Å². The molecule has 0 aromatic carbocycles. The molecule has 84 valence electrons. The van der Waals surface area contributed by atoms with E-state index in [0.717, 1.165) is 6.54 Å². The van der Waals surface area contributed by atoms with Gasteiger partial charge in [-0.25, -0.2) is 0 Å². The molecule has 0 aliphatic carbocycles. The number of carbonyl (C=O) groups excluding carboxylic acids is 1. The third-order valence-electron chi connectivity index (χ3n) is 2.23. The van der Waals surface area contributed by atoms with Crippen LogP contribution in [-0.2, 0) is 6.54 Å². The van der Waals surface area contributed by atoms with Gasteiger partial charge in [0.05, 0.1) is 11.8 Å². The van der Waals surface area contributed by atoms with Crippen molar-refractivity contribution in [2.45, 2.75) is 20.4 Å². The van der Waals surface area contributed by atoms with Gasteiger partial charge in [-0.05, 0) is 19.4 Å². The number of carbonyl (C=O) groups is 1. The van der Waals surface area contributed by atoms with Crippen LogP contribution in [0.15, 0.2) is 12.4 Å². The molecule has 3 N–H and O–H groups in total. The molecule has 15 heavy (non-hydrogen) atoms. The molecule has 1 atom stereocenters. The van der Waals surface area contributed by atoms with Crippen molar-refractivity contribution >= 4 is 5.91 Å². The minimum absolute atomic E-state index is 0.0880. The van der Waals surface area contributed by atoms with Gasteiger partial charge in [0.1, 0.15) is 0 Å². The Morgan fingerprint density at radius 2 is 2.47 bits per heavy atom. The van der Waals surface area contributed by atoms with E-state index in [-0.39, 0.29) is 5.91 Å². The highest BCUT2D eigenvalue weighted by Crippen LogP contribution is 1.98. The average molecular weight is 210 g/mol. The largest absolute Gasteiger partial charge is 0.352 e. The Morgan fingerprint density at radius 3 is 3.00 bits per heavy atom. The first-order chi connectivity index (χ1) is 7.17. The van der Waals surface area contributed by atoms with Gasteiger partial charge in [0.15, 0.2) is 0 Å². The molecule has 0 radical (unpaired) electrons. The summed E-state index contributed by atoms with van der Waals surface area (Å²) in [6, 6.07) is 0. The fraction of sp³-hybridized carbons (Fsp3) is 0.600. The Morgan fingerprint density at radius 1 is 1.73 bits per heavy atom. The number of amides is 1. The monoisotopic (exact) mass is 210 g/mol. The van der Waals surface area contributed by atoms with Gasteiger partial charge in [0.25, 0.3) is 5.91 Å². The summed E-state index contributed by atoms with van der Waals surface area (Å²) in [6.07, 6.45) is 3.31. The highest BCUT2D eigenvalue weighted by molar-refractivity contribution is 5.93. The molecular weight excluding hydrogens is 192 g/mol. The molecule has 0 fully saturated rings. The molecule has 5 nitrogen and oxygen atoms in total. The van der Waals surface area contributed by atoms with E-state index in [9.17, 15) is 4.79 Å². The number of rotatable bonds is 5. The van der Waals surface area contributed by atoms with Crippen LogP contribution in [0.1, 0.15) is 24.2 Å². The van der Waals surface area contributed by atoms with Gasteiger partial charge >= 0.3 is 0 Å². The molecule has 0 bridgehead atoms. The topological polar surface area (TPSA) is 72.9 Å². The maximum atomic E-state index is 11.6. The zero-order valence-corrected chi connectivity index (χ0v) is 9.23. The number of aryl methyl sites for hydroxylation is 1. The molecular formula is C10H18N4O. The maximum Gasteiger partial charge on any atom is 0.254 e. The second-order valence-corrected chi connectivity index (χ2v) is 3.64. The van der Waals surface area contributed by atoms with Gasteiger partial charge in [0.2, 0.25) is 0 Å². The summed E-state index contributed by atoms with van der Waals surface area (Å²) in [7, 11) is 0. The van der Waals surface area contributed by atoms with E-state index in [2.05, 4.69) is 10.4 Å². The zero-order valence-electron chi connectivity index (χ0n) is 9.23. The second-order valence-electron chi connectivity index (χ2n) is 3.64. The summed E-state index contributed by atoms with van der Waals surface area (Å²) in [5.74, 6) is 0.213. The number of hydrogen-bond acceptors (Lipinski definition) is 3. The van der Waals surface area contributed by atoms with Crippen molar-refractivity contribution in [2.24, 2.45) is 11.7 Å². The van der Waals surface area contributed by atoms with Gasteiger partial charge in [-0.1, -0.05) is 6.92 Å². The lowest BCUT2D eigenvalue weighted by Crippen LogP contribution is -2.31. The molecule has 1 aromatic rings. The Kier molecular flexibility index (Phi) is 4.30. The molecule has 0 saturated heterocycles. The van der Waals surface area contributed by atoms with Crippen LogP contribution in [-0.4, -0.2) is 28.8 Å². The molecule has 1 heterocycles. The van der Waals surface area contributed by atoms with E-state index in [0.29, 0.717) is 24.6 Å². The number of hydrogen-bond donors (Lipinski definition) is 2. The number of nitrogens with two attached hydrogens (primary N) is 1. The summed E-state index contributed by atoms with van der Waals surface area (Å²) in [5, 5.41) is 6.85. The third-order valence-corrected chi connectivity index (χ3v) is 2.23. The lowest BCUT2D eigenvalue weighted by Gasteiger charge is -2.08. The third kappa shape index (κ3) is 3.36. The molecule has 5 heteroatoms. The van der Waals surface area contributed by atoms with Gasteiger partial charge in [0, 0.05) is 19.3 Å². The van der Waals surface area contributed by atoms with Crippen LogP contribution in [0.3, 0.4) is 0 Å². The van der Waals surface area contributed by atoms with Crippen molar-refractivity contribution in [2.75, 3.05) is 13.1 Å². The summed E-state index contributed by atoms with van der Waals surface area (Å²) in [6.45, 7) is 5.93. The van der Waals surface area contributed by atoms with Crippen molar-refractivity contribution in [1.29, 1.82) is 0 Å². The van der Waals surface area contributed by atoms with E-state index >= 15 is 0 Å². The van der Waals surface area contributed by atoms with E-state index < -0.39 is 0 Å². The summed E-state index contributed by atoms with van der Waals surface area (Å²) in [5.41, 5.74) is 6.05.